The minimum atomic E-state index is -0.505. The van der Waals surface area contributed by atoms with E-state index in [4.69, 9.17) is 16.9 Å². The number of benzene rings is 1. The summed E-state index contributed by atoms with van der Waals surface area (Å²) in [5.74, 6) is 0. The maximum Gasteiger partial charge on any atom is 0.284 e. The Kier molecular flexibility index (Phi) is 3.66. The SMILES string of the molecule is N#CCc1cc(Cl)cc([N+](=O)[O-])c1I. The van der Waals surface area contributed by atoms with E-state index >= 15 is 0 Å². The van der Waals surface area contributed by atoms with Gasteiger partial charge >= 0.3 is 0 Å². The van der Waals surface area contributed by atoms with E-state index in [1.807, 2.05) is 28.7 Å². The molecule has 1 rings (SSSR count). The van der Waals surface area contributed by atoms with Crippen molar-refractivity contribution in [2.75, 3.05) is 0 Å². The lowest BCUT2D eigenvalue weighted by Crippen LogP contribution is -1.96. The molecule has 6 heteroatoms. The minimum absolute atomic E-state index is 0.0525. The van der Waals surface area contributed by atoms with E-state index in [1.165, 1.54) is 6.07 Å². The molecule has 0 N–H and O–H groups in total. The van der Waals surface area contributed by atoms with Crippen molar-refractivity contribution in [2.45, 2.75) is 6.42 Å². The maximum absolute atomic E-state index is 10.6. The Hall–Kier alpha value is -0.870. The van der Waals surface area contributed by atoms with Crippen LogP contribution in [0.25, 0.3) is 0 Å². The van der Waals surface area contributed by atoms with Gasteiger partial charge in [-0.2, -0.15) is 5.26 Å². The van der Waals surface area contributed by atoms with Crippen molar-refractivity contribution in [3.63, 3.8) is 0 Å². The average molecular weight is 322 g/mol. The number of hydrogen-bond donors (Lipinski definition) is 0. The van der Waals surface area contributed by atoms with Crippen LogP contribution in [0.15, 0.2) is 12.1 Å². The highest BCUT2D eigenvalue weighted by Gasteiger charge is 2.16. The molecule has 0 amide bonds. The van der Waals surface area contributed by atoms with E-state index in [1.54, 1.807) is 6.07 Å². The third kappa shape index (κ3) is 2.33. The van der Waals surface area contributed by atoms with Crippen LogP contribution in [-0.4, -0.2) is 4.92 Å². The third-order valence-corrected chi connectivity index (χ3v) is 3.02. The van der Waals surface area contributed by atoms with Gasteiger partial charge in [0.25, 0.3) is 5.69 Å². The van der Waals surface area contributed by atoms with Crippen LogP contribution in [-0.2, 0) is 6.42 Å². The molecule has 0 aliphatic rings. The first-order valence-electron chi connectivity index (χ1n) is 3.55. The molecule has 0 saturated heterocycles. The van der Waals surface area contributed by atoms with E-state index in [0.29, 0.717) is 9.13 Å². The molecule has 0 spiro atoms. The van der Waals surface area contributed by atoms with Crippen molar-refractivity contribution in [3.8, 4) is 6.07 Å². The van der Waals surface area contributed by atoms with E-state index in [-0.39, 0.29) is 17.1 Å². The fourth-order valence-electron chi connectivity index (χ4n) is 0.977. The van der Waals surface area contributed by atoms with Crippen LogP contribution in [0.3, 0.4) is 0 Å². The first-order chi connectivity index (χ1) is 6.56. The molecule has 1 aromatic rings. The molecule has 14 heavy (non-hydrogen) atoms. The Morgan fingerprint density at radius 1 is 1.64 bits per heavy atom. The largest absolute Gasteiger partial charge is 0.284 e. The summed E-state index contributed by atoms with van der Waals surface area (Å²) in [5, 5.41) is 19.4. The second-order valence-corrected chi connectivity index (χ2v) is 4.01. The van der Waals surface area contributed by atoms with Crippen LogP contribution in [0.5, 0.6) is 0 Å². The number of hydrogen-bond acceptors (Lipinski definition) is 3. The molecule has 0 unspecified atom stereocenters. The van der Waals surface area contributed by atoms with E-state index in [2.05, 4.69) is 0 Å². The van der Waals surface area contributed by atoms with Gasteiger partial charge in [0.05, 0.1) is 21.0 Å². The first kappa shape index (κ1) is 11.2. The quantitative estimate of drug-likeness (QED) is 0.477. The lowest BCUT2D eigenvalue weighted by molar-refractivity contribution is -0.385. The first-order valence-corrected chi connectivity index (χ1v) is 5.01. The highest BCUT2D eigenvalue weighted by molar-refractivity contribution is 14.1. The lowest BCUT2D eigenvalue weighted by Gasteiger charge is -2.01. The predicted octanol–water partition coefficient (Wildman–Crippen LogP) is 2.92. The second-order valence-electron chi connectivity index (χ2n) is 2.49. The summed E-state index contributed by atoms with van der Waals surface area (Å²) in [6, 6.07) is 4.78. The van der Waals surface area contributed by atoms with Crippen molar-refractivity contribution >= 4 is 39.9 Å². The van der Waals surface area contributed by atoms with Gasteiger partial charge in [0, 0.05) is 11.1 Å². The monoisotopic (exact) mass is 322 g/mol. The molecule has 0 bridgehead atoms. The Morgan fingerprint density at radius 2 is 2.29 bits per heavy atom. The summed E-state index contributed by atoms with van der Waals surface area (Å²) in [4.78, 5) is 10.1. The molecule has 0 heterocycles. The Morgan fingerprint density at radius 3 is 2.79 bits per heavy atom. The number of halogens is 2. The summed E-state index contributed by atoms with van der Waals surface area (Å²) >= 11 is 7.53. The van der Waals surface area contributed by atoms with Gasteiger partial charge in [-0.15, -0.1) is 0 Å². The second kappa shape index (κ2) is 4.57. The fraction of sp³-hybridized carbons (Fsp3) is 0.125. The highest BCUT2D eigenvalue weighted by atomic mass is 127. The van der Waals surface area contributed by atoms with E-state index < -0.39 is 4.92 Å². The molecular weight excluding hydrogens is 318 g/mol. The van der Waals surface area contributed by atoms with E-state index in [0.717, 1.165) is 0 Å². The van der Waals surface area contributed by atoms with Crippen LogP contribution >= 0.6 is 34.2 Å². The predicted molar refractivity (Wildman–Crippen MR) is 60.1 cm³/mol. The molecule has 0 aliphatic heterocycles. The minimum Gasteiger partial charge on any atom is -0.258 e. The summed E-state index contributed by atoms with van der Waals surface area (Å²) in [6.45, 7) is 0. The third-order valence-electron chi connectivity index (χ3n) is 1.56. The zero-order valence-corrected chi connectivity index (χ0v) is 9.74. The topological polar surface area (TPSA) is 66.9 Å². The van der Waals surface area contributed by atoms with E-state index in [9.17, 15) is 10.1 Å². The zero-order valence-electron chi connectivity index (χ0n) is 6.83. The molecule has 0 atom stereocenters. The molecule has 0 saturated carbocycles. The highest BCUT2D eigenvalue weighted by Crippen LogP contribution is 2.28. The van der Waals surface area contributed by atoms with Gasteiger partial charge in [-0.3, -0.25) is 10.1 Å². The zero-order chi connectivity index (χ0) is 10.7. The molecule has 0 aliphatic carbocycles. The van der Waals surface area contributed by atoms with Gasteiger partial charge in [-0.05, 0) is 34.2 Å². The molecule has 1 aromatic carbocycles. The Labute approximate surface area is 98.8 Å². The van der Waals surface area contributed by atoms with Gasteiger partial charge in [-0.25, -0.2) is 0 Å². The van der Waals surface area contributed by atoms with Gasteiger partial charge in [-0.1, -0.05) is 11.6 Å². The molecule has 0 aromatic heterocycles. The van der Waals surface area contributed by atoms with Gasteiger partial charge in [0.2, 0.25) is 0 Å². The fourth-order valence-corrected chi connectivity index (χ4v) is 1.91. The van der Waals surface area contributed by atoms with Crippen molar-refractivity contribution in [1.29, 1.82) is 5.26 Å². The standard InChI is InChI=1S/C8H4ClIN2O2/c9-6-3-5(1-2-11)8(10)7(4-6)12(13)14/h3-4H,1H2. The van der Waals surface area contributed by atoms with Crippen LogP contribution < -0.4 is 0 Å². The molecular formula is C8H4ClIN2O2. The number of nitro groups is 1. The average Bonchev–Trinajstić information content (AvgIpc) is 2.10. The van der Waals surface area contributed by atoms with Crippen LogP contribution in [0.4, 0.5) is 5.69 Å². The van der Waals surface area contributed by atoms with Crippen LogP contribution in [0, 0.1) is 25.0 Å². The smallest absolute Gasteiger partial charge is 0.258 e. The molecule has 0 fully saturated rings. The van der Waals surface area contributed by atoms with Crippen LogP contribution in [0.2, 0.25) is 5.02 Å². The lowest BCUT2D eigenvalue weighted by atomic mass is 10.1. The summed E-state index contributed by atoms with van der Waals surface area (Å²) in [5.41, 5.74) is 0.538. The number of nitro benzene ring substituents is 1. The summed E-state index contributed by atoms with van der Waals surface area (Å²) in [6.07, 6.45) is 0.125. The van der Waals surface area contributed by atoms with Crippen LogP contribution in [0.1, 0.15) is 5.56 Å². The van der Waals surface area contributed by atoms with Gasteiger partial charge < -0.3 is 0 Å². The van der Waals surface area contributed by atoms with Crippen molar-refractivity contribution < 1.29 is 4.92 Å². The Bertz CT molecular complexity index is 428. The summed E-state index contributed by atoms with van der Waals surface area (Å²) < 4.78 is 0.471. The van der Waals surface area contributed by atoms with Crippen molar-refractivity contribution in [1.82, 2.24) is 0 Å². The molecule has 4 nitrogen and oxygen atoms in total. The Balaban J connectivity index is 3.33. The number of rotatable bonds is 2. The number of nitrogens with zero attached hydrogens (tertiary/aromatic N) is 2. The maximum atomic E-state index is 10.6. The van der Waals surface area contributed by atoms with Crippen molar-refractivity contribution in [3.05, 3.63) is 36.4 Å². The molecule has 72 valence electrons. The summed E-state index contributed by atoms with van der Waals surface area (Å²) in [7, 11) is 0. The molecule has 0 radical (unpaired) electrons. The normalized spacial score (nSPS) is 9.50. The number of nitriles is 1. The van der Waals surface area contributed by atoms with Gasteiger partial charge in [0.1, 0.15) is 0 Å². The van der Waals surface area contributed by atoms with Gasteiger partial charge in [0.15, 0.2) is 0 Å². The van der Waals surface area contributed by atoms with Crippen molar-refractivity contribution in [2.24, 2.45) is 0 Å².